The third-order valence-corrected chi connectivity index (χ3v) is 4.00. The lowest BCUT2D eigenvalue weighted by Gasteiger charge is -2.36. The fourth-order valence-corrected chi connectivity index (χ4v) is 2.75. The van der Waals surface area contributed by atoms with Gasteiger partial charge in [0, 0.05) is 30.3 Å². The van der Waals surface area contributed by atoms with Crippen LogP contribution in [0.2, 0.25) is 0 Å². The van der Waals surface area contributed by atoms with Crippen LogP contribution in [0.1, 0.15) is 5.56 Å². The SMILES string of the molecule is Cc1ccc(SCCN2CC(C(=O)O)C2)cc1. The highest BCUT2D eigenvalue weighted by atomic mass is 32.2. The molecule has 1 N–H and O–H groups in total. The number of hydrogen-bond donors (Lipinski definition) is 1. The summed E-state index contributed by atoms with van der Waals surface area (Å²) in [6.45, 7) is 4.48. The Hall–Kier alpha value is -1.00. The average molecular weight is 251 g/mol. The van der Waals surface area contributed by atoms with Crippen LogP contribution in [0.4, 0.5) is 0 Å². The number of carboxylic acid groups (broad SMARTS) is 1. The second kappa shape index (κ2) is 5.56. The first-order valence-corrected chi connectivity index (χ1v) is 6.78. The number of benzene rings is 1. The van der Waals surface area contributed by atoms with Gasteiger partial charge in [0.15, 0.2) is 0 Å². The molecule has 4 heteroatoms. The van der Waals surface area contributed by atoms with E-state index in [0.29, 0.717) is 13.1 Å². The number of aryl methyl sites for hydroxylation is 1. The van der Waals surface area contributed by atoms with Crippen LogP contribution in [0.3, 0.4) is 0 Å². The molecule has 3 nitrogen and oxygen atoms in total. The summed E-state index contributed by atoms with van der Waals surface area (Å²) in [5, 5.41) is 8.75. The summed E-state index contributed by atoms with van der Waals surface area (Å²) in [6.07, 6.45) is 0. The Bertz CT molecular complexity index is 385. The first-order chi connectivity index (χ1) is 8.15. The lowest BCUT2D eigenvalue weighted by molar-refractivity contribution is -0.147. The molecule has 0 unspecified atom stereocenters. The van der Waals surface area contributed by atoms with E-state index in [9.17, 15) is 4.79 Å². The molecule has 0 saturated carbocycles. The third-order valence-electron chi connectivity index (χ3n) is 3.00. The molecule has 92 valence electrons. The quantitative estimate of drug-likeness (QED) is 0.814. The maximum Gasteiger partial charge on any atom is 0.309 e. The van der Waals surface area contributed by atoms with Gasteiger partial charge in [-0.2, -0.15) is 0 Å². The van der Waals surface area contributed by atoms with Gasteiger partial charge >= 0.3 is 5.97 Å². The minimum absolute atomic E-state index is 0.139. The molecule has 1 aromatic carbocycles. The maximum absolute atomic E-state index is 10.6. The second-order valence-electron chi connectivity index (χ2n) is 4.46. The Morgan fingerprint density at radius 3 is 2.65 bits per heavy atom. The van der Waals surface area contributed by atoms with Crippen molar-refractivity contribution in [2.24, 2.45) is 5.92 Å². The zero-order chi connectivity index (χ0) is 12.3. The number of thioether (sulfide) groups is 1. The zero-order valence-corrected chi connectivity index (χ0v) is 10.7. The maximum atomic E-state index is 10.6. The number of carbonyl (C=O) groups is 1. The van der Waals surface area contributed by atoms with E-state index in [2.05, 4.69) is 36.1 Å². The van der Waals surface area contributed by atoms with Gasteiger partial charge in [-0.05, 0) is 19.1 Å². The van der Waals surface area contributed by atoms with E-state index in [1.54, 1.807) is 0 Å². The van der Waals surface area contributed by atoms with Crippen LogP contribution in [0, 0.1) is 12.8 Å². The summed E-state index contributed by atoms with van der Waals surface area (Å²) in [6, 6.07) is 8.51. The topological polar surface area (TPSA) is 40.5 Å². The monoisotopic (exact) mass is 251 g/mol. The molecular formula is C13H17NO2S. The smallest absolute Gasteiger partial charge is 0.309 e. The fourth-order valence-electron chi connectivity index (χ4n) is 1.84. The van der Waals surface area contributed by atoms with E-state index < -0.39 is 5.97 Å². The number of nitrogens with zero attached hydrogens (tertiary/aromatic N) is 1. The molecule has 1 saturated heterocycles. The largest absolute Gasteiger partial charge is 0.481 e. The number of carboxylic acids is 1. The highest BCUT2D eigenvalue weighted by Crippen LogP contribution is 2.21. The molecule has 1 heterocycles. The van der Waals surface area contributed by atoms with Crippen LogP contribution in [-0.2, 0) is 4.79 Å². The van der Waals surface area contributed by atoms with E-state index in [0.717, 1.165) is 12.3 Å². The van der Waals surface area contributed by atoms with Crippen molar-refractivity contribution in [3.63, 3.8) is 0 Å². The van der Waals surface area contributed by atoms with Gasteiger partial charge in [-0.15, -0.1) is 11.8 Å². The molecule has 1 aliphatic heterocycles. The number of likely N-dealkylation sites (tertiary alicyclic amines) is 1. The molecule has 0 aromatic heterocycles. The predicted molar refractivity (Wildman–Crippen MR) is 69.5 cm³/mol. The van der Waals surface area contributed by atoms with Gasteiger partial charge < -0.3 is 10.0 Å². The molecule has 0 aliphatic carbocycles. The summed E-state index contributed by atoms with van der Waals surface area (Å²) in [5.41, 5.74) is 1.28. The Morgan fingerprint density at radius 2 is 2.06 bits per heavy atom. The third kappa shape index (κ3) is 3.48. The summed E-state index contributed by atoms with van der Waals surface area (Å²) in [4.78, 5) is 14.1. The van der Waals surface area contributed by atoms with Crippen LogP contribution in [-0.4, -0.2) is 41.4 Å². The van der Waals surface area contributed by atoms with Crippen molar-refractivity contribution in [2.45, 2.75) is 11.8 Å². The molecule has 17 heavy (non-hydrogen) atoms. The molecule has 0 amide bonds. The number of aliphatic carboxylic acids is 1. The summed E-state index contributed by atoms with van der Waals surface area (Å²) in [7, 11) is 0. The molecule has 1 fully saturated rings. The highest BCUT2D eigenvalue weighted by molar-refractivity contribution is 7.99. The zero-order valence-electron chi connectivity index (χ0n) is 9.93. The van der Waals surface area contributed by atoms with Crippen molar-refractivity contribution in [3.8, 4) is 0 Å². The average Bonchev–Trinajstić information content (AvgIpc) is 2.23. The van der Waals surface area contributed by atoms with Crippen LogP contribution >= 0.6 is 11.8 Å². The van der Waals surface area contributed by atoms with Gasteiger partial charge in [-0.25, -0.2) is 0 Å². The van der Waals surface area contributed by atoms with E-state index in [4.69, 9.17) is 5.11 Å². The fraction of sp³-hybridized carbons (Fsp3) is 0.462. The van der Waals surface area contributed by atoms with E-state index in [1.165, 1.54) is 10.5 Å². The van der Waals surface area contributed by atoms with Crippen LogP contribution < -0.4 is 0 Å². The van der Waals surface area contributed by atoms with Crippen molar-refractivity contribution in [1.29, 1.82) is 0 Å². The van der Waals surface area contributed by atoms with Gasteiger partial charge in [0.1, 0.15) is 0 Å². The molecule has 0 bridgehead atoms. The van der Waals surface area contributed by atoms with Gasteiger partial charge in [-0.3, -0.25) is 4.79 Å². The van der Waals surface area contributed by atoms with E-state index in [-0.39, 0.29) is 5.92 Å². The first-order valence-electron chi connectivity index (χ1n) is 5.80. The summed E-state index contributed by atoms with van der Waals surface area (Å²) < 4.78 is 0. The molecule has 0 atom stereocenters. The predicted octanol–water partition coefficient (Wildman–Crippen LogP) is 2.10. The van der Waals surface area contributed by atoms with Crippen LogP contribution in [0.15, 0.2) is 29.2 Å². The minimum atomic E-state index is -0.660. The van der Waals surface area contributed by atoms with Crippen molar-refractivity contribution in [3.05, 3.63) is 29.8 Å². The normalized spacial score (nSPS) is 16.8. The Morgan fingerprint density at radius 1 is 1.41 bits per heavy atom. The molecule has 0 radical (unpaired) electrons. The summed E-state index contributed by atoms with van der Waals surface area (Å²) >= 11 is 1.83. The van der Waals surface area contributed by atoms with E-state index in [1.807, 2.05) is 11.8 Å². The molecule has 1 aromatic rings. The molecular weight excluding hydrogens is 234 g/mol. The molecule has 0 spiro atoms. The lowest BCUT2D eigenvalue weighted by Crippen LogP contribution is -2.50. The Balaban J connectivity index is 1.64. The van der Waals surface area contributed by atoms with Crippen molar-refractivity contribution >= 4 is 17.7 Å². The summed E-state index contributed by atoms with van der Waals surface area (Å²) in [5.74, 6) is 0.224. The number of hydrogen-bond acceptors (Lipinski definition) is 3. The highest BCUT2D eigenvalue weighted by Gasteiger charge is 2.31. The first kappa shape index (κ1) is 12.5. The lowest BCUT2D eigenvalue weighted by atomic mass is 10.0. The number of rotatable bonds is 5. The van der Waals surface area contributed by atoms with Gasteiger partial charge in [0.25, 0.3) is 0 Å². The van der Waals surface area contributed by atoms with Gasteiger partial charge in [0.2, 0.25) is 0 Å². The standard InChI is InChI=1S/C13H17NO2S/c1-10-2-4-12(5-3-10)17-7-6-14-8-11(9-14)13(15)16/h2-5,11H,6-9H2,1H3,(H,15,16). The molecule has 1 aliphatic rings. The minimum Gasteiger partial charge on any atom is -0.481 e. The Kier molecular flexibility index (Phi) is 4.07. The van der Waals surface area contributed by atoms with Crippen LogP contribution in [0.25, 0.3) is 0 Å². The van der Waals surface area contributed by atoms with Crippen LogP contribution in [0.5, 0.6) is 0 Å². The van der Waals surface area contributed by atoms with Crippen molar-refractivity contribution in [1.82, 2.24) is 4.90 Å². The second-order valence-corrected chi connectivity index (χ2v) is 5.62. The van der Waals surface area contributed by atoms with Gasteiger partial charge in [0.05, 0.1) is 5.92 Å². The molecule has 2 rings (SSSR count). The van der Waals surface area contributed by atoms with Crippen molar-refractivity contribution in [2.75, 3.05) is 25.4 Å². The van der Waals surface area contributed by atoms with E-state index >= 15 is 0 Å². The van der Waals surface area contributed by atoms with Crippen molar-refractivity contribution < 1.29 is 9.90 Å². The van der Waals surface area contributed by atoms with Gasteiger partial charge in [-0.1, -0.05) is 17.7 Å². The Labute approximate surface area is 106 Å².